The molecule has 0 saturated carbocycles. The summed E-state index contributed by atoms with van der Waals surface area (Å²) in [6, 6.07) is 8.19. The first-order chi connectivity index (χ1) is 10.6. The molecule has 0 fully saturated rings. The van der Waals surface area contributed by atoms with Gasteiger partial charge in [0.15, 0.2) is 5.13 Å². The van der Waals surface area contributed by atoms with E-state index in [1.165, 1.54) is 34.8 Å². The number of hydrogen-bond acceptors (Lipinski definition) is 4. The van der Waals surface area contributed by atoms with Crippen LogP contribution in [0.15, 0.2) is 41.9 Å². The van der Waals surface area contributed by atoms with E-state index in [0.29, 0.717) is 10.0 Å². The van der Waals surface area contributed by atoms with Crippen LogP contribution in [-0.2, 0) is 0 Å². The van der Waals surface area contributed by atoms with Gasteiger partial charge >= 0.3 is 0 Å². The average molecular weight is 332 g/mol. The van der Waals surface area contributed by atoms with Crippen molar-refractivity contribution in [1.29, 1.82) is 0 Å². The predicted octanol–water partition coefficient (Wildman–Crippen LogP) is 4.60. The highest BCUT2D eigenvalue weighted by Gasteiger charge is 2.19. The first-order valence-corrected chi connectivity index (χ1v) is 8.30. The standard InChI is InChI=1S/C16H13FN2OS2/c1-10-9-13(15(20)19(2)16-18-7-8-21-16)22-14(10)11-3-5-12(17)6-4-11/h3-9H,1-2H3. The summed E-state index contributed by atoms with van der Waals surface area (Å²) in [7, 11) is 1.72. The summed E-state index contributed by atoms with van der Waals surface area (Å²) in [6.45, 7) is 1.95. The number of nitrogens with zero attached hydrogens (tertiary/aromatic N) is 2. The largest absolute Gasteiger partial charge is 0.286 e. The van der Waals surface area contributed by atoms with Crippen LogP contribution in [0.3, 0.4) is 0 Å². The molecule has 0 radical (unpaired) electrons. The van der Waals surface area contributed by atoms with Crippen molar-refractivity contribution < 1.29 is 9.18 Å². The number of carbonyl (C=O) groups is 1. The Morgan fingerprint density at radius 1 is 1.27 bits per heavy atom. The number of hydrogen-bond donors (Lipinski definition) is 0. The molecule has 0 bridgehead atoms. The third kappa shape index (κ3) is 2.80. The number of halogens is 1. The Kier molecular flexibility index (Phi) is 4.04. The van der Waals surface area contributed by atoms with E-state index in [1.807, 2.05) is 18.4 Å². The van der Waals surface area contributed by atoms with Gasteiger partial charge in [-0.3, -0.25) is 9.69 Å². The number of amides is 1. The fourth-order valence-electron chi connectivity index (χ4n) is 2.11. The van der Waals surface area contributed by atoms with Crippen molar-refractivity contribution in [1.82, 2.24) is 4.98 Å². The molecule has 0 aliphatic heterocycles. The SMILES string of the molecule is Cc1cc(C(=O)N(C)c2nccs2)sc1-c1ccc(F)cc1. The van der Waals surface area contributed by atoms with E-state index in [4.69, 9.17) is 0 Å². The van der Waals surface area contributed by atoms with E-state index < -0.39 is 0 Å². The van der Waals surface area contributed by atoms with Gasteiger partial charge in [0.1, 0.15) is 5.82 Å². The van der Waals surface area contributed by atoms with E-state index in [-0.39, 0.29) is 11.7 Å². The van der Waals surface area contributed by atoms with Gasteiger partial charge in [-0.2, -0.15) is 0 Å². The minimum Gasteiger partial charge on any atom is -0.286 e. The monoisotopic (exact) mass is 332 g/mol. The molecular weight excluding hydrogens is 319 g/mol. The van der Waals surface area contributed by atoms with Crippen LogP contribution in [0.4, 0.5) is 9.52 Å². The molecule has 0 unspecified atom stereocenters. The van der Waals surface area contributed by atoms with E-state index >= 15 is 0 Å². The number of aryl methyl sites for hydroxylation is 1. The Balaban J connectivity index is 1.92. The lowest BCUT2D eigenvalue weighted by Crippen LogP contribution is -2.25. The van der Waals surface area contributed by atoms with Crippen LogP contribution >= 0.6 is 22.7 Å². The van der Waals surface area contributed by atoms with Gasteiger partial charge in [-0.1, -0.05) is 12.1 Å². The molecule has 2 heterocycles. The van der Waals surface area contributed by atoms with Gasteiger partial charge in [0.25, 0.3) is 5.91 Å². The maximum absolute atomic E-state index is 13.0. The molecule has 3 aromatic rings. The lowest BCUT2D eigenvalue weighted by molar-refractivity contribution is 0.0997. The Bertz CT molecular complexity index is 794. The number of thiazole rings is 1. The van der Waals surface area contributed by atoms with Crippen LogP contribution in [0.2, 0.25) is 0 Å². The summed E-state index contributed by atoms with van der Waals surface area (Å²) in [4.78, 5) is 19.9. The second-order valence-electron chi connectivity index (χ2n) is 4.81. The van der Waals surface area contributed by atoms with Gasteiger partial charge in [-0.15, -0.1) is 22.7 Å². The second-order valence-corrected chi connectivity index (χ2v) is 6.73. The number of benzene rings is 1. The highest BCUT2D eigenvalue weighted by atomic mass is 32.1. The lowest BCUT2D eigenvalue weighted by Gasteiger charge is -2.11. The summed E-state index contributed by atoms with van der Waals surface area (Å²) in [5.41, 5.74) is 1.92. The Hall–Kier alpha value is -2.05. The number of rotatable bonds is 3. The van der Waals surface area contributed by atoms with Gasteiger partial charge in [0, 0.05) is 23.5 Å². The molecule has 0 aliphatic carbocycles. The third-order valence-electron chi connectivity index (χ3n) is 3.25. The quantitative estimate of drug-likeness (QED) is 0.702. The van der Waals surface area contributed by atoms with Crippen LogP contribution in [0, 0.1) is 12.7 Å². The van der Waals surface area contributed by atoms with Crippen molar-refractivity contribution in [3.8, 4) is 10.4 Å². The molecule has 0 atom stereocenters. The zero-order valence-electron chi connectivity index (χ0n) is 12.0. The summed E-state index contributed by atoms with van der Waals surface area (Å²) < 4.78 is 13.0. The minimum absolute atomic E-state index is 0.0867. The molecule has 0 aliphatic rings. The summed E-state index contributed by atoms with van der Waals surface area (Å²) in [5, 5.41) is 2.50. The molecule has 1 amide bonds. The molecule has 22 heavy (non-hydrogen) atoms. The van der Waals surface area contributed by atoms with E-state index in [1.54, 1.807) is 30.3 Å². The summed E-state index contributed by atoms with van der Waals surface area (Å²) >= 11 is 2.84. The molecule has 0 spiro atoms. The minimum atomic E-state index is -0.266. The van der Waals surface area contributed by atoms with Gasteiger partial charge in [0.2, 0.25) is 0 Å². The predicted molar refractivity (Wildman–Crippen MR) is 89.3 cm³/mol. The van der Waals surface area contributed by atoms with Gasteiger partial charge in [0.05, 0.1) is 4.88 Å². The van der Waals surface area contributed by atoms with Gasteiger partial charge in [-0.05, 0) is 36.2 Å². The number of carbonyl (C=O) groups excluding carboxylic acids is 1. The normalized spacial score (nSPS) is 10.7. The number of aromatic nitrogens is 1. The molecule has 3 nitrogen and oxygen atoms in total. The maximum atomic E-state index is 13.0. The molecule has 0 saturated heterocycles. The number of thiophene rings is 1. The highest BCUT2D eigenvalue weighted by molar-refractivity contribution is 7.18. The van der Waals surface area contributed by atoms with E-state index in [0.717, 1.165) is 16.0 Å². The maximum Gasteiger partial charge on any atom is 0.269 e. The zero-order valence-corrected chi connectivity index (χ0v) is 13.7. The fraction of sp³-hybridized carbons (Fsp3) is 0.125. The third-order valence-corrected chi connectivity index (χ3v) is 5.37. The van der Waals surface area contributed by atoms with Crippen LogP contribution in [0.5, 0.6) is 0 Å². The molecular formula is C16H13FN2OS2. The molecule has 6 heteroatoms. The van der Waals surface area contributed by atoms with Crippen molar-refractivity contribution in [3.05, 3.63) is 58.2 Å². The summed E-state index contributed by atoms with van der Waals surface area (Å²) in [6.07, 6.45) is 1.67. The Morgan fingerprint density at radius 3 is 2.64 bits per heavy atom. The van der Waals surface area contributed by atoms with Crippen molar-refractivity contribution in [3.63, 3.8) is 0 Å². The second kappa shape index (κ2) is 5.98. The van der Waals surface area contributed by atoms with Crippen LogP contribution in [0.25, 0.3) is 10.4 Å². The zero-order chi connectivity index (χ0) is 15.7. The van der Waals surface area contributed by atoms with Gasteiger partial charge in [-0.25, -0.2) is 9.37 Å². The average Bonchev–Trinajstić information content (AvgIpc) is 3.16. The lowest BCUT2D eigenvalue weighted by atomic mass is 10.1. The van der Waals surface area contributed by atoms with Crippen molar-refractivity contribution in [2.24, 2.45) is 0 Å². The molecule has 2 aromatic heterocycles. The Morgan fingerprint density at radius 2 is 2.00 bits per heavy atom. The number of anilines is 1. The van der Waals surface area contributed by atoms with Crippen LogP contribution < -0.4 is 4.90 Å². The smallest absolute Gasteiger partial charge is 0.269 e. The molecule has 112 valence electrons. The first kappa shape index (κ1) is 14.9. The van der Waals surface area contributed by atoms with Crippen molar-refractivity contribution in [2.75, 3.05) is 11.9 Å². The molecule has 1 aromatic carbocycles. The molecule has 0 N–H and O–H groups in total. The molecule has 3 rings (SSSR count). The van der Waals surface area contributed by atoms with Crippen molar-refractivity contribution >= 4 is 33.7 Å². The van der Waals surface area contributed by atoms with Crippen molar-refractivity contribution in [2.45, 2.75) is 6.92 Å². The van der Waals surface area contributed by atoms with E-state index in [9.17, 15) is 9.18 Å². The fourth-order valence-corrected chi connectivity index (χ4v) is 3.87. The topological polar surface area (TPSA) is 33.2 Å². The highest BCUT2D eigenvalue weighted by Crippen LogP contribution is 2.33. The van der Waals surface area contributed by atoms with Gasteiger partial charge < -0.3 is 0 Å². The summed E-state index contributed by atoms with van der Waals surface area (Å²) in [5.74, 6) is -0.353. The van der Waals surface area contributed by atoms with Crippen LogP contribution in [-0.4, -0.2) is 17.9 Å². The van der Waals surface area contributed by atoms with Crippen LogP contribution in [0.1, 0.15) is 15.2 Å². The first-order valence-electron chi connectivity index (χ1n) is 6.60. The van der Waals surface area contributed by atoms with E-state index in [2.05, 4.69) is 4.98 Å². The Labute approximate surface area is 135 Å².